The Kier molecular flexibility index (Phi) is 4.86. The van der Waals surface area contributed by atoms with Gasteiger partial charge in [0.25, 0.3) is 0 Å². The van der Waals surface area contributed by atoms with E-state index in [4.69, 9.17) is 14.2 Å². The lowest BCUT2D eigenvalue weighted by atomic mass is 10.3. The van der Waals surface area contributed by atoms with Crippen LogP contribution in [0.15, 0.2) is 0 Å². The molecule has 0 bridgehead atoms. The van der Waals surface area contributed by atoms with Crippen LogP contribution in [0.4, 0.5) is 0 Å². The van der Waals surface area contributed by atoms with Crippen LogP contribution >= 0.6 is 0 Å². The fourth-order valence-corrected chi connectivity index (χ4v) is 1.20. The Balaban J connectivity index is 2.24. The Morgan fingerprint density at radius 2 is 2.43 bits per heavy atom. The minimum atomic E-state index is -0.360. The van der Waals surface area contributed by atoms with Gasteiger partial charge in [0.05, 0.1) is 26.4 Å². The molecule has 1 fully saturated rings. The molecule has 0 amide bonds. The van der Waals surface area contributed by atoms with Gasteiger partial charge in [-0.05, 0) is 13.8 Å². The fourth-order valence-electron chi connectivity index (χ4n) is 1.20. The number of carbonyl (C=O) groups is 1. The van der Waals surface area contributed by atoms with Gasteiger partial charge in [-0.1, -0.05) is 0 Å². The minimum Gasteiger partial charge on any atom is -0.465 e. The molecule has 5 nitrogen and oxygen atoms in total. The number of hydrogen-bond donors (Lipinski definition) is 1. The summed E-state index contributed by atoms with van der Waals surface area (Å²) in [6.45, 7) is 5.58. The lowest BCUT2D eigenvalue weighted by molar-refractivity contribution is -0.149. The molecular weight excluding hydrogens is 186 g/mol. The molecule has 1 unspecified atom stereocenters. The first-order valence-corrected chi connectivity index (χ1v) is 4.86. The van der Waals surface area contributed by atoms with E-state index in [1.807, 2.05) is 0 Å². The van der Waals surface area contributed by atoms with E-state index in [9.17, 15) is 4.79 Å². The third-order valence-electron chi connectivity index (χ3n) is 1.89. The van der Waals surface area contributed by atoms with E-state index in [1.54, 1.807) is 13.8 Å². The molecule has 0 aromatic carbocycles. The molecule has 1 heterocycles. The smallest absolute Gasteiger partial charge is 0.322 e. The van der Waals surface area contributed by atoms with E-state index in [-0.39, 0.29) is 18.2 Å². The van der Waals surface area contributed by atoms with Crippen molar-refractivity contribution in [2.75, 3.05) is 26.4 Å². The summed E-state index contributed by atoms with van der Waals surface area (Å²) >= 11 is 0. The monoisotopic (exact) mass is 203 g/mol. The van der Waals surface area contributed by atoms with E-state index >= 15 is 0 Å². The summed E-state index contributed by atoms with van der Waals surface area (Å²) < 4.78 is 15.4. The third-order valence-corrected chi connectivity index (χ3v) is 1.89. The molecule has 0 radical (unpaired) electrons. The molecule has 0 aromatic heterocycles. The highest BCUT2D eigenvalue weighted by Crippen LogP contribution is 1.99. The van der Waals surface area contributed by atoms with Gasteiger partial charge in [-0.3, -0.25) is 10.1 Å². The largest absolute Gasteiger partial charge is 0.465 e. The highest BCUT2D eigenvalue weighted by atomic mass is 16.6. The number of rotatable bonds is 4. The van der Waals surface area contributed by atoms with Gasteiger partial charge >= 0.3 is 5.97 Å². The van der Waals surface area contributed by atoms with E-state index in [0.29, 0.717) is 26.4 Å². The quantitative estimate of drug-likeness (QED) is 0.647. The van der Waals surface area contributed by atoms with Crippen LogP contribution in [0.5, 0.6) is 0 Å². The minimum absolute atomic E-state index is 0.205. The molecule has 2 atom stereocenters. The van der Waals surface area contributed by atoms with Crippen molar-refractivity contribution in [3.63, 3.8) is 0 Å². The van der Waals surface area contributed by atoms with Gasteiger partial charge in [0.1, 0.15) is 12.3 Å². The number of esters is 1. The summed E-state index contributed by atoms with van der Waals surface area (Å²) in [5.41, 5.74) is 0. The summed E-state index contributed by atoms with van der Waals surface area (Å²) in [6.07, 6.45) is -0.205. The fraction of sp³-hybridized carbons (Fsp3) is 0.889. The number of ether oxygens (including phenoxy) is 3. The second kappa shape index (κ2) is 5.95. The summed E-state index contributed by atoms with van der Waals surface area (Å²) in [5.74, 6) is -0.262. The first-order valence-electron chi connectivity index (χ1n) is 4.86. The lowest BCUT2D eigenvalue weighted by Crippen LogP contribution is -2.48. The number of hydrogen-bond acceptors (Lipinski definition) is 5. The number of carbonyl (C=O) groups excluding carboxylic acids is 1. The average molecular weight is 203 g/mol. The molecule has 1 saturated heterocycles. The average Bonchev–Trinajstić information content (AvgIpc) is 2.19. The van der Waals surface area contributed by atoms with Gasteiger partial charge in [0.2, 0.25) is 0 Å². The van der Waals surface area contributed by atoms with Crippen molar-refractivity contribution in [1.82, 2.24) is 5.32 Å². The van der Waals surface area contributed by atoms with Crippen molar-refractivity contribution >= 4 is 5.97 Å². The zero-order chi connectivity index (χ0) is 10.4. The van der Waals surface area contributed by atoms with Crippen LogP contribution in [0.2, 0.25) is 0 Å². The lowest BCUT2D eigenvalue weighted by Gasteiger charge is -2.26. The van der Waals surface area contributed by atoms with Gasteiger partial charge in [-0.15, -0.1) is 0 Å². The first-order chi connectivity index (χ1) is 6.74. The molecule has 1 N–H and O–H groups in total. The zero-order valence-electron chi connectivity index (χ0n) is 8.62. The van der Waals surface area contributed by atoms with E-state index in [2.05, 4.69) is 5.32 Å². The molecule has 1 rings (SSSR count). The second-order valence-electron chi connectivity index (χ2n) is 3.07. The van der Waals surface area contributed by atoms with Crippen molar-refractivity contribution in [2.24, 2.45) is 0 Å². The van der Waals surface area contributed by atoms with Crippen LogP contribution < -0.4 is 5.32 Å². The Bertz CT molecular complexity index is 180. The van der Waals surface area contributed by atoms with Crippen LogP contribution in [-0.4, -0.2) is 44.7 Å². The molecule has 0 spiro atoms. The maximum atomic E-state index is 11.2. The van der Waals surface area contributed by atoms with E-state index in [0.717, 1.165) is 0 Å². The summed E-state index contributed by atoms with van der Waals surface area (Å²) in [5, 5.41) is 2.98. The molecule has 1 aliphatic rings. The second-order valence-corrected chi connectivity index (χ2v) is 3.07. The van der Waals surface area contributed by atoms with Crippen molar-refractivity contribution in [3.05, 3.63) is 0 Å². The highest BCUT2D eigenvalue weighted by molar-refractivity contribution is 5.75. The van der Waals surface area contributed by atoms with Gasteiger partial charge in [0, 0.05) is 0 Å². The van der Waals surface area contributed by atoms with Crippen LogP contribution in [-0.2, 0) is 19.0 Å². The normalized spacial score (nSPS) is 24.3. The molecule has 0 aliphatic carbocycles. The number of nitrogens with one attached hydrogen (secondary N) is 1. The van der Waals surface area contributed by atoms with Crippen molar-refractivity contribution in [2.45, 2.75) is 26.1 Å². The Morgan fingerprint density at radius 1 is 1.64 bits per heavy atom. The molecule has 0 saturated carbocycles. The predicted octanol–water partition coefficient (Wildman–Crippen LogP) is -0.0995. The van der Waals surface area contributed by atoms with Crippen LogP contribution in [0.25, 0.3) is 0 Å². The van der Waals surface area contributed by atoms with Crippen molar-refractivity contribution in [1.29, 1.82) is 0 Å². The first kappa shape index (κ1) is 11.4. The summed E-state index contributed by atoms with van der Waals surface area (Å²) in [7, 11) is 0. The van der Waals surface area contributed by atoms with Crippen molar-refractivity contribution < 1.29 is 19.0 Å². The molecule has 5 heteroatoms. The third kappa shape index (κ3) is 3.61. The zero-order valence-corrected chi connectivity index (χ0v) is 8.62. The van der Waals surface area contributed by atoms with E-state index in [1.165, 1.54) is 0 Å². The molecule has 82 valence electrons. The van der Waals surface area contributed by atoms with Gasteiger partial charge in [0.15, 0.2) is 0 Å². The van der Waals surface area contributed by atoms with Gasteiger partial charge in [-0.2, -0.15) is 0 Å². The van der Waals surface area contributed by atoms with Crippen LogP contribution in [0.3, 0.4) is 0 Å². The maximum Gasteiger partial charge on any atom is 0.322 e. The highest BCUT2D eigenvalue weighted by Gasteiger charge is 2.21. The van der Waals surface area contributed by atoms with Gasteiger partial charge in [-0.25, -0.2) is 0 Å². The summed E-state index contributed by atoms with van der Waals surface area (Å²) in [6, 6.07) is -0.360. The van der Waals surface area contributed by atoms with Crippen LogP contribution in [0.1, 0.15) is 13.8 Å². The Hall–Kier alpha value is -0.650. The SMILES string of the molecule is CCOC(=O)[C@H](C)NC1COCCO1. The topological polar surface area (TPSA) is 56.8 Å². The Morgan fingerprint density at radius 3 is 3.00 bits per heavy atom. The van der Waals surface area contributed by atoms with Crippen molar-refractivity contribution in [3.8, 4) is 0 Å². The van der Waals surface area contributed by atoms with Gasteiger partial charge < -0.3 is 14.2 Å². The predicted molar refractivity (Wildman–Crippen MR) is 49.8 cm³/mol. The van der Waals surface area contributed by atoms with Crippen LogP contribution in [0, 0.1) is 0 Å². The standard InChI is InChI=1S/C9H17NO4/c1-3-13-9(11)7(2)10-8-6-12-4-5-14-8/h7-8,10H,3-6H2,1-2H3/t7-,8?/m0/s1. The molecule has 1 aliphatic heterocycles. The van der Waals surface area contributed by atoms with E-state index < -0.39 is 0 Å². The maximum absolute atomic E-state index is 11.2. The molecule has 14 heavy (non-hydrogen) atoms. The molecule has 0 aromatic rings. The molecular formula is C9H17NO4. The summed E-state index contributed by atoms with van der Waals surface area (Å²) in [4.78, 5) is 11.2. The Labute approximate surface area is 83.7 Å².